The number of aromatic nitrogens is 3. The fraction of sp³-hybridized carbons (Fsp3) is 0.562. The summed E-state index contributed by atoms with van der Waals surface area (Å²) in [6, 6.07) is 1.91. The molecule has 1 heterocycles. The second kappa shape index (κ2) is 7.76. The molecule has 114 valence electrons. The van der Waals surface area contributed by atoms with Crippen molar-refractivity contribution < 1.29 is 4.79 Å². The SMILES string of the molecule is Cc1cc(C)[nH]cc(C(=O)NCC2CCCCC2)ncn1. The Kier molecular flexibility index (Phi) is 5.72. The summed E-state index contributed by atoms with van der Waals surface area (Å²) in [4.78, 5) is 23.6. The highest BCUT2D eigenvalue weighted by atomic mass is 16.1. The van der Waals surface area contributed by atoms with Crippen molar-refractivity contribution in [1.82, 2.24) is 20.3 Å². The van der Waals surface area contributed by atoms with E-state index in [1.165, 1.54) is 38.4 Å². The Morgan fingerprint density at radius 1 is 1.29 bits per heavy atom. The number of aromatic amines is 1. The van der Waals surface area contributed by atoms with E-state index in [0.29, 0.717) is 11.6 Å². The monoisotopic (exact) mass is 288 g/mol. The summed E-state index contributed by atoms with van der Waals surface area (Å²) in [5.41, 5.74) is 2.14. The summed E-state index contributed by atoms with van der Waals surface area (Å²) in [6.07, 6.45) is 9.37. The maximum Gasteiger partial charge on any atom is 0.271 e. The Hall–Kier alpha value is -1.91. The minimum atomic E-state index is -0.146. The van der Waals surface area contributed by atoms with Gasteiger partial charge in [0.15, 0.2) is 0 Å². The molecule has 1 fully saturated rings. The van der Waals surface area contributed by atoms with Gasteiger partial charge in [0.05, 0.1) is 0 Å². The normalized spacial score (nSPS) is 15.3. The summed E-state index contributed by atoms with van der Waals surface area (Å²) in [5.74, 6) is 0.463. The van der Waals surface area contributed by atoms with Crippen LogP contribution in [0.3, 0.4) is 0 Å². The summed E-state index contributed by atoms with van der Waals surface area (Å²) in [5, 5.41) is 2.99. The van der Waals surface area contributed by atoms with Gasteiger partial charge in [0.25, 0.3) is 5.91 Å². The number of amides is 1. The number of nitrogens with one attached hydrogen (secondary N) is 2. The topological polar surface area (TPSA) is 70.7 Å². The molecule has 0 atom stereocenters. The number of nitrogens with zero attached hydrogens (tertiary/aromatic N) is 2. The van der Waals surface area contributed by atoms with Crippen molar-refractivity contribution in [3.8, 4) is 0 Å². The quantitative estimate of drug-likeness (QED) is 0.898. The lowest BCUT2D eigenvalue weighted by Crippen LogP contribution is -2.30. The highest BCUT2D eigenvalue weighted by Gasteiger charge is 2.15. The highest BCUT2D eigenvalue weighted by molar-refractivity contribution is 5.91. The zero-order valence-electron chi connectivity index (χ0n) is 12.9. The summed E-state index contributed by atoms with van der Waals surface area (Å²) in [7, 11) is 0. The van der Waals surface area contributed by atoms with Gasteiger partial charge in [0.1, 0.15) is 12.0 Å². The Morgan fingerprint density at radius 2 is 2.05 bits per heavy atom. The van der Waals surface area contributed by atoms with Gasteiger partial charge in [-0.3, -0.25) is 4.79 Å². The van der Waals surface area contributed by atoms with Crippen molar-refractivity contribution in [3.05, 3.63) is 35.7 Å². The molecular formula is C16H24N4O. The predicted octanol–water partition coefficient (Wildman–Crippen LogP) is 2.86. The van der Waals surface area contributed by atoms with E-state index >= 15 is 0 Å². The van der Waals surface area contributed by atoms with Gasteiger partial charge in [-0.1, -0.05) is 19.3 Å². The lowest BCUT2D eigenvalue weighted by atomic mass is 9.89. The molecule has 0 unspecified atom stereocenters. The van der Waals surface area contributed by atoms with Crippen molar-refractivity contribution in [2.24, 2.45) is 5.92 Å². The molecule has 0 aliphatic heterocycles. The van der Waals surface area contributed by atoms with Crippen molar-refractivity contribution >= 4 is 5.91 Å². The lowest BCUT2D eigenvalue weighted by molar-refractivity contribution is 0.0938. The van der Waals surface area contributed by atoms with E-state index in [1.54, 1.807) is 6.20 Å². The molecule has 0 radical (unpaired) electrons. The molecule has 1 aliphatic rings. The molecule has 5 nitrogen and oxygen atoms in total. The van der Waals surface area contributed by atoms with Gasteiger partial charge in [-0.2, -0.15) is 0 Å². The fourth-order valence-corrected chi connectivity index (χ4v) is 2.64. The molecule has 2 rings (SSSR count). The van der Waals surface area contributed by atoms with E-state index in [4.69, 9.17) is 0 Å². The third-order valence-corrected chi connectivity index (χ3v) is 3.83. The molecule has 0 saturated heterocycles. The molecule has 0 spiro atoms. The van der Waals surface area contributed by atoms with E-state index < -0.39 is 0 Å². The number of carbonyl (C=O) groups excluding carboxylic acids is 1. The van der Waals surface area contributed by atoms with Gasteiger partial charge in [-0.05, 0) is 38.7 Å². The van der Waals surface area contributed by atoms with E-state index in [0.717, 1.165) is 17.9 Å². The summed E-state index contributed by atoms with van der Waals surface area (Å²) < 4.78 is 0. The first kappa shape index (κ1) is 15.5. The molecule has 0 bridgehead atoms. The molecular weight excluding hydrogens is 264 g/mol. The van der Waals surface area contributed by atoms with Crippen LogP contribution in [0.4, 0.5) is 0 Å². The zero-order chi connectivity index (χ0) is 15.1. The number of rotatable bonds is 3. The molecule has 0 aromatic carbocycles. The van der Waals surface area contributed by atoms with Gasteiger partial charge < -0.3 is 10.3 Å². The van der Waals surface area contributed by atoms with E-state index in [9.17, 15) is 4.79 Å². The minimum Gasteiger partial charge on any atom is -0.363 e. The van der Waals surface area contributed by atoms with Gasteiger partial charge >= 0.3 is 0 Å². The molecule has 1 amide bonds. The minimum absolute atomic E-state index is 0.146. The number of carbonyl (C=O) groups is 1. The zero-order valence-corrected chi connectivity index (χ0v) is 12.9. The highest BCUT2D eigenvalue weighted by Crippen LogP contribution is 2.22. The van der Waals surface area contributed by atoms with Gasteiger partial charge in [-0.25, -0.2) is 9.97 Å². The van der Waals surface area contributed by atoms with E-state index in [1.807, 2.05) is 19.9 Å². The first-order valence-electron chi connectivity index (χ1n) is 7.65. The van der Waals surface area contributed by atoms with Crippen LogP contribution in [0.2, 0.25) is 0 Å². The Balaban J connectivity index is 2.04. The smallest absolute Gasteiger partial charge is 0.271 e. The Bertz CT molecular complexity index is 531. The maximum atomic E-state index is 12.2. The fourth-order valence-electron chi connectivity index (χ4n) is 2.64. The van der Waals surface area contributed by atoms with Gasteiger partial charge in [0.2, 0.25) is 0 Å². The van der Waals surface area contributed by atoms with Crippen molar-refractivity contribution in [2.75, 3.05) is 6.54 Å². The average molecular weight is 288 g/mol. The molecule has 5 heteroatoms. The molecule has 1 aromatic heterocycles. The number of hydrogen-bond acceptors (Lipinski definition) is 3. The number of hydrogen-bond donors (Lipinski definition) is 2. The van der Waals surface area contributed by atoms with Crippen LogP contribution in [-0.4, -0.2) is 27.4 Å². The summed E-state index contributed by atoms with van der Waals surface area (Å²) in [6.45, 7) is 4.56. The van der Waals surface area contributed by atoms with Crippen molar-refractivity contribution in [3.63, 3.8) is 0 Å². The largest absolute Gasteiger partial charge is 0.363 e. The third kappa shape index (κ3) is 5.17. The second-order valence-electron chi connectivity index (χ2n) is 5.73. The molecule has 21 heavy (non-hydrogen) atoms. The Morgan fingerprint density at radius 3 is 2.81 bits per heavy atom. The predicted molar refractivity (Wildman–Crippen MR) is 82.4 cm³/mol. The van der Waals surface area contributed by atoms with Crippen LogP contribution in [0.5, 0.6) is 0 Å². The Labute approximate surface area is 125 Å². The van der Waals surface area contributed by atoms with Crippen LogP contribution in [0.25, 0.3) is 0 Å². The lowest BCUT2D eigenvalue weighted by Gasteiger charge is -2.21. The van der Waals surface area contributed by atoms with Crippen LogP contribution in [-0.2, 0) is 0 Å². The standard InChI is InChI=1S/C16H24N4O/c1-12-8-13(2)19-11-20-15(10-17-12)16(21)18-9-14-6-4-3-5-7-14/h8,10-11,14,17H,3-7,9H2,1-2H3,(H,18,21). The van der Waals surface area contributed by atoms with E-state index in [-0.39, 0.29) is 5.91 Å². The molecule has 2 N–H and O–H groups in total. The van der Waals surface area contributed by atoms with E-state index in [2.05, 4.69) is 20.3 Å². The maximum absolute atomic E-state index is 12.2. The van der Waals surface area contributed by atoms with Gasteiger partial charge in [-0.15, -0.1) is 0 Å². The average Bonchev–Trinajstić information content (AvgIpc) is 2.56. The third-order valence-electron chi connectivity index (χ3n) is 3.83. The first-order valence-corrected chi connectivity index (χ1v) is 7.65. The summed E-state index contributed by atoms with van der Waals surface area (Å²) >= 11 is 0. The number of aryl methyl sites for hydroxylation is 2. The van der Waals surface area contributed by atoms with Crippen molar-refractivity contribution in [2.45, 2.75) is 46.0 Å². The van der Waals surface area contributed by atoms with Gasteiger partial charge in [0, 0.05) is 24.1 Å². The van der Waals surface area contributed by atoms with Crippen LogP contribution in [0.1, 0.15) is 54.0 Å². The molecule has 1 saturated carbocycles. The van der Waals surface area contributed by atoms with Crippen LogP contribution in [0, 0.1) is 19.8 Å². The van der Waals surface area contributed by atoms with Crippen molar-refractivity contribution in [1.29, 1.82) is 0 Å². The second-order valence-corrected chi connectivity index (χ2v) is 5.73. The molecule has 1 aliphatic carbocycles. The van der Waals surface area contributed by atoms with Crippen LogP contribution in [0.15, 0.2) is 18.6 Å². The molecule has 1 aromatic rings. The first-order chi connectivity index (χ1) is 10.1. The van der Waals surface area contributed by atoms with Crippen LogP contribution < -0.4 is 5.32 Å². The number of H-pyrrole nitrogens is 1. The van der Waals surface area contributed by atoms with Crippen LogP contribution >= 0.6 is 0 Å².